The van der Waals surface area contributed by atoms with Crippen molar-refractivity contribution in [2.24, 2.45) is 11.8 Å². The monoisotopic (exact) mass is 367 g/mol. The van der Waals surface area contributed by atoms with Crippen molar-refractivity contribution < 1.29 is 9.53 Å². The summed E-state index contributed by atoms with van der Waals surface area (Å²) in [7, 11) is 0. The second kappa shape index (κ2) is 11.7. The summed E-state index contributed by atoms with van der Waals surface area (Å²) in [5, 5.41) is 2.92. The fourth-order valence-electron chi connectivity index (χ4n) is 3.10. The molecule has 1 fully saturated rings. The Morgan fingerprint density at radius 2 is 2.04 bits per heavy atom. The van der Waals surface area contributed by atoms with Crippen molar-refractivity contribution in [1.29, 1.82) is 0 Å². The van der Waals surface area contributed by atoms with Crippen LogP contribution in [-0.4, -0.2) is 36.3 Å². The van der Waals surface area contributed by atoms with E-state index < -0.39 is 0 Å². The van der Waals surface area contributed by atoms with Crippen LogP contribution in [0.4, 0.5) is 0 Å². The highest BCUT2D eigenvalue weighted by Crippen LogP contribution is 2.31. The average molecular weight is 368 g/mol. The molecule has 0 spiro atoms. The number of benzene rings is 1. The molecule has 1 aromatic carbocycles. The molecule has 1 N–H and O–H groups in total. The van der Waals surface area contributed by atoms with E-state index in [4.69, 9.17) is 4.74 Å². The van der Waals surface area contributed by atoms with Gasteiger partial charge in [-0.3, -0.25) is 4.79 Å². The Hall–Kier alpha value is -0.810. The molecule has 1 saturated carbocycles. The second-order valence-electron chi connectivity index (χ2n) is 6.42. The molecule has 134 valence electrons. The van der Waals surface area contributed by atoms with Crippen LogP contribution in [0.15, 0.2) is 30.3 Å². The van der Waals surface area contributed by atoms with Crippen molar-refractivity contribution in [3.63, 3.8) is 0 Å². The maximum atomic E-state index is 11.8. The first-order chi connectivity index (χ1) is 11.8. The number of thiol groups is 1. The van der Waals surface area contributed by atoms with Gasteiger partial charge in [0.2, 0.25) is 5.91 Å². The highest BCUT2D eigenvalue weighted by Gasteiger charge is 2.20. The third kappa shape index (κ3) is 7.84. The molecule has 3 nitrogen and oxygen atoms in total. The van der Waals surface area contributed by atoms with E-state index in [1.165, 1.54) is 31.4 Å². The van der Waals surface area contributed by atoms with Gasteiger partial charge in [0.25, 0.3) is 0 Å². The quantitative estimate of drug-likeness (QED) is 0.484. The Balaban J connectivity index is 1.46. The summed E-state index contributed by atoms with van der Waals surface area (Å²) in [6, 6.07) is 9.67. The third-order valence-corrected chi connectivity index (χ3v) is 6.13. The number of carbonyl (C=O) groups is 1. The molecule has 1 aromatic rings. The number of carbonyl (C=O) groups excluding carboxylic acids is 1. The second-order valence-corrected chi connectivity index (χ2v) is 7.93. The Labute approximate surface area is 155 Å². The number of nitrogens with one attached hydrogen (secondary N) is 1. The lowest BCUT2D eigenvalue weighted by atomic mass is 9.83. The Bertz CT molecular complexity index is 470. The summed E-state index contributed by atoms with van der Waals surface area (Å²) in [6.45, 7) is 1.07. The van der Waals surface area contributed by atoms with E-state index in [9.17, 15) is 4.79 Å². The molecule has 24 heavy (non-hydrogen) atoms. The highest BCUT2D eigenvalue weighted by atomic mass is 32.2. The van der Waals surface area contributed by atoms with Gasteiger partial charge in [-0.2, -0.15) is 24.4 Å². The number of ether oxygens (including phenoxy) is 1. The van der Waals surface area contributed by atoms with Crippen LogP contribution in [0.2, 0.25) is 0 Å². The Morgan fingerprint density at radius 3 is 2.83 bits per heavy atom. The van der Waals surface area contributed by atoms with Crippen molar-refractivity contribution in [2.75, 3.05) is 30.4 Å². The molecule has 2 unspecified atom stereocenters. The van der Waals surface area contributed by atoms with Gasteiger partial charge in [-0.25, -0.2) is 0 Å². The molecule has 0 aliphatic heterocycles. The molecule has 0 saturated heterocycles. The summed E-state index contributed by atoms with van der Waals surface area (Å²) in [5.41, 5.74) is 0. The molecular formula is C19H29NO2S2. The molecule has 2 rings (SSSR count). The van der Waals surface area contributed by atoms with Gasteiger partial charge in [0.05, 0.1) is 6.54 Å². The van der Waals surface area contributed by atoms with Gasteiger partial charge in [0, 0.05) is 12.2 Å². The zero-order valence-electron chi connectivity index (χ0n) is 14.3. The topological polar surface area (TPSA) is 38.3 Å². The fraction of sp³-hybridized carbons (Fsp3) is 0.632. The third-order valence-electron chi connectivity index (χ3n) is 4.41. The number of rotatable bonds is 10. The SMILES string of the molecule is O=C(CCSCC1CCCC(CS)C1)NCCOc1ccccc1. The smallest absolute Gasteiger partial charge is 0.220 e. The van der Waals surface area contributed by atoms with Crippen LogP contribution >= 0.6 is 24.4 Å². The van der Waals surface area contributed by atoms with Crippen LogP contribution in [0.1, 0.15) is 32.1 Å². The maximum Gasteiger partial charge on any atom is 0.220 e. The molecule has 0 aromatic heterocycles. The molecular weight excluding hydrogens is 338 g/mol. The summed E-state index contributed by atoms with van der Waals surface area (Å²) in [4.78, 5) is 11.8. The van der Waals surface area contributed by atoms with Crippen LogP contribution in [0.25, 0.3) is 0 Å². The van der Waals surface area contributed by atoms with Crippen molar-refractivity contribution >= 4 is 30.3 Å². The number of hydrogen-bond acceptors (Lipinski definition) is 4. The summed E-state index contributed by atoms with van der Waals surface area (Å²) >= 11 is 6.35. The van der Waals surface area contributed by atoms with Crippen LogP contribution in [0, 0.1) is 11.8 Å². The normalized spacial score (nSPS) is 20.5. The molecule has 0 radical (unpaired) electrons. The van der Waals surface area contributed by atoms with Crippen molar-refractivity contribution in [3.8, 4) is 5.75 Å². The van der Waals surface area contributed by atoms with Crippen molar-refractivity contribution in [2.45, 2.75) is 32.1 Å². The molecule has 2 atom stereocenters. The van der Waals surface area contributed by atoms with E-state index in [2.05, 4.69) is 17.9 Å². The summed E-state index contributed by atoms with van der Waals surface area (Å²) < 4.78 is 5.56. The zero-order chi connectivity index (χ0) is 17.0. The summed E-state index contributed by atoms with van der Waals surface area (Å²) in [5.74, 6) is 5.71. The first-order valence-electron chi connectivity index (χ1n) is 8.91. The minimum atomic E-state index is 0.121. The van der Waals surface area contributed by atoms with Gasteiger partial charge in [-0.15, -0.1) is 0 Å². The van der Waals surface area contributed by atoms with Gasteiger partial charge in [-0.05, 0) is 54.7 Å². The lowest BCUT2D eigenvalue weighted by Gasteiger charge is -2.27. The largest absolute Gasteiger partial charge is 0.492 e. The first-order valence-corrected chi connectivity index (χ1v) is 10.7. The highest BCUT2D eigenvalue weighted by molar-refractivity contribution is 7.99. The molecule has 1 aliphatic carbocycles. The number of thioether (sulfide) groups is 1. The van der Waals surface area contributed by atoms with Crippen LogP contribution < -0.4 is 10.1 Å². The van der Waals surface area contributed by atoms with Gasteiger partial charge in [0.15, 0.2) is 0 Å². The average Bonchev–Trinajstić information content (AvgIpc) is 2.63. The number of para-hydroxylation sites is 1. The lowest BCUT2D eigenvalue weighted by molar-refractivity contribution is -0.120. The van der Waals surface area contributed by atoms with Gasteiger partial charge in [0.1, 0.15) is 12.4 Å². The number of amides is 1. The minimum Gasteiger partial charge on any atom is -0.492 e. The van der Waals surface area contributed by atoms with E-state index in [1.807, 2.05) is 42.1 Å². The van der Waals surface area contributed by atoms with Gasteiger partial charge in [-0.1, -0.05) is 24.6 Å². The molecule has 1 amide bonds. The van der Waals surface area contributed by atoms with E-state index in [-0.39, 0.29) is 5.91 Å². The van der Waals surface area contributed by atoms with Crippen LogP contribution in [0.3, 0.4) is 0 Å². The lowest BCUT2D eigenvalue weighted by Crippen LogP contribution is -2.28. The maximum absolute atomic E-state index is 11.8. The van der Waals surface area contributed by atoms with E-state index in [0.717, 1.165) is 29.1 Å². The summed E-state index contributed by atoms with van der Waals surface area (Å²) in [6.07, 6.45) is 5.95. The van der Waals surface area contributed by atoms with Crippen molar-refractivity contribution in [3.05, 3.63) is 30.3 Å². The van der Waals surface area contributed by atoms with E-state index >= 15 is 0 Å². The molecule has 1 aliphatic rings. The van der Waals surface area contributed by atoms with Crippen LogP contribution in [-0.2, 0) is 4.79 Å². The van der Waals surface area contributed by atoms with Gasteiger partial charge < -0.3 is 10.1 Å². The van der Waals surface area contributed by atoms with E-state index in [0.29, 0.717) is 19.6 Å². The minimum absolute atomic E-state index is 0.121. The molecule has 0 bridgehead atoms. The van der Waals surface area contributed by atoms with Crippen LogP contribution in [0.5, 0.6) is 5.75 Å². The first kappa shape index (κ1) is 19.5. The fourth-order valence-corrected chi connectivity index (χ4v) is 4.56. The number of hydrogen-bond donors (Lipinski definition) is 2. The predicted octanol–water partition coefficient (Wildman–Crippen LogP) is 4.04. The van der Waals surface area contributed by atoms with E-state index in [1.54, 1.807) is 0 Å². The molecule has 5 heteroatoms. The predicted molar refractivity (Wildman–Crippen MR) is 106 cm³/mol. The standard InChI is InChI=1S/C19H29NO2S2/c21-19(20-10-11-22-18-7-2-1-3-8-18)9-12-24-15-17-6-4-5-16(13-17)14-23/h1-3,7-8,16-17,23H,4-6,9-15H2,(H,20,21). The van der Waals surface area contributed by atoms with Gasteiger partial charge >= 0.3 is 0 Å². The Morgan fingerprint density at radius 1 is 1.25 bits per heavy atom. The Kier molecular flexibility index (Phi) is 9.51. The zero-order valence-corrected chi connectivity index (χ0v) is 16.0. The molecule has 0 heterocycles. The van der Waals surface area contributed by atoms with Crippen molar-refractivity contribution in [1.82, 2.24) is 5.32 Å².